The Kier molecular flexibility index (Phi) is 7.01. The minimum absolute atomic E-state index is 0.0998. The zero-order chi connectivity index (χ0) is 12.8. The molecule has 7 heteroatoms. The molecule has 0 aromatic carbocycles. The SMILES string of the molecule is CC(C)S(=O)(=O)CCN(CCN)CC(F)F. The minimum Gasteiger partial charge on any atom is -0.329 e. The summed E-state index contributed by atoms with van der Waals surface area (Å²) in [7, 11) is -3.17. The molecule has 0 aromatic heterocycles. The van der Waals surface area contributed by atoms with Gasteiger partial charge in [0, 0.05) is 19.6 Å². The van der Waals surface area contributed by atoms with Gasteiger partial charge in [-0.25, -0.2) is 17.2 Å². The van der Waals surface area contributed by atoms with Crippen LogP contribution in [-0.4, -0.2) is 56.9 Å². The predicted molar refractivity (Wildman–Crippen MR) is 60.4 cm³/mol. The summed E-state index contributed by atoms with van der Waals surface area (Å²) in [6.07, 6.45) is -2.46. The number of alkyl halides is 2. The summed E-state index contributed by atoms with van der Waals surface area (Å²) in [5.74, 6) is -0.0998. The van der Waals surface area contributed by atoms with Crippen LogP contribution in [0, 0.1) is 0 Å². The molecule has 0 aliphatic carbocycles. The fraction of sp³-hybridized carbons (Fsp3) is 1.00. The molecule has 0 heterocycles. The van der Waals surface area contributed by atoms with Gasteiger partial charge in [0.15, 0.2) is 9.84 Å². The first-order chi connectivity index (χ1) is 7.29. The highest BCUT2D eigenvalue weighted by atomic mass is 32.2. The van der Waals surface area contributed by atoms with E-state index in [-0.39, 0.29) is 25.4 Å². The van der Waals surface area contributed by atoms with Gasteiger partial charge in [-0.15, -0.1) is 0 Å². The maximum Gasteiger partial charge on any atom is 0.251 e. The Morgan fingerprint density at radius 2 is 1.81 bits per heavy atom. The Morgan fingerprint density at radius 1 is 1.25 bits per heavy atom. The molecular weight excluding hydrogens is 238 g/mol. The number of nitrogens with zero attached hydrogens (tertiary/aromatic N) is 1. The lowest BCUT2D eigenvalue weighted by Crippen LogP contribution is -2.38. The van der Waals surface area contributed by atoms with E-state index in [4.69, 9.17) is 5.73 Å². The quantitative estimate of drug-likeness (QED) is 0.682. The molecule has 0 aromatic rings. The second-order valence-electron chi connectivity index (χ2n) is 3.90. The van der Waals surface area contributed by atoms with Crippen LogP contribution in [0.4, 0.5) is 8.78 Å². The van der Waals surface area contributed by atoms with Crippen LogP contribution < -0.4 is 5.73 Å². The molecule has 0 bridgehead atoms. The second-order valence-corrected chi connectivity index (χ2v) is 6.57. The zero-order valence-corrected chi connectivity index (χ0v) is 10.5. The summed E-state index contributed by atoms with van der Waals surface area (Å²) < 4.78 is 47.3. The molecule has 0 atom stereocenters. The lowest BCUT2D eigenvalue weighted by molar-refractivity contribution is 0.0925. The molecule has 0 saturated carbocycles. The molecule has 2 N–H and O–H groups in total. The number of hydrogen-bond donors (Lipinski definition) is 1. The van der Waals surface area contributed by atoms with Gasteiger partial charge >= 0.3 is 0 Å². The van der Waals surface area contributed by atoms with Gasteiger partial charge in [-0.2, -0.15) is 0 Å². The first-order valence-corrected chi connectivity index (χ1v) is 6.93. The van der Waals surface area contributed by atoms with Gasteiger partial charge in [0.2, 0.25) is 0 Å². The molecule has 0 fully saturated rings. The van der Waals surface area contributed by atoms with Crippen LogP contribution >= 0.6 is 0 Å². The smallest absolute Gasteiger partial charge is 0.251 e. The summed E-state index contributed by atoms with van der Waals surface area (Å²) in [5.41, 5.74) is 5.27. The first kappa shape index (κ1) is 15.7. The fourth-order valence-electron chi connectivity index (χ4n) is 1.16. The van der Waals surface area contributed by atoms with E-state index < -0.39 is 28.1 Å². The highest BCUT2D eigenvalue weighted by Gasteiger charge is 2.19. The van der Waals surface area contributed by atoms with Crippen molar-refractivity contribution in [1.29, 1.82) is 0 Å². The van der Waals surface area contributed by atoms with Crippen molar-refractivity contribution >= 4 is 9.84 Å². The molecule has 0 rings (SSSR count). The summed E-state index contributed by atoms with van der Waals surface area (Å²) in [5, 5.41) is -0.473. The molecule has 98 valence electrons. The Balaban J connectivity index is 4.21. The summed E-state index contributed by atoms with van der Waals surface area (Å²) in [6, 6.07) is 0. The lowest BCUT2D eigenvalue weighted by atomic mass is 10.4. The maximum atomic E-state index is 12.2. The summed E-state index contributed by atoms with van der Waals surface area (Å²) in [6.45, 7) is 3.38. The highest BCUT2D eigenvalue weighted by molar-refractivity contribution is 7.92. The lowest BCUT2D eigenvalue weighted by Gasteiger charge is -2.21. The normalized spacial score (nSPS) is 13.0. The molecule has 16 heavy (non-hydrogen) atoms. The third kappa shape index (κ3) is 6.34. The largest absolute Gasteiger partial charge is 0.329 e. The van der Waals surface area contributed by atoms with E-state index in [1.54, 1.807) is 13.8 Å². The highest BCUT2D eigenvalue weighted by Crippen LogP contribution is 2.03. The van der Waals surface area contributed by atoms with Crippen molar-refractivity contribution in [3.63, 3.8) is 0 Å². The van der Waals surface area contributed by atoms with Crippen LogP contribution in [0.3, 0.4) is 0 Å². The number of hydrogen-bond acceptors (Lipinski definition) is 4. The third-order valence-corrected chi connectivity index (χ3v) is 4.44. The van der Waals surface area contributed by atoms with Gasteiger partial charge in [0.05, 0.1) is 17.5 Å². The average molecular weight is 258 g/mol. The van der Waals surface area contributed by atoms with E-state index in [1.165, 1.54) is 4.90 Å². The Hall–Kier alpha value is -0.270. The first-order valence-electron chi connectivity index (χ1n) is 5.21. The standard InChI is InChI=1S/C9H20F2N2O2S/c1-8(2)16(14,15)6-5-13(4-3-12)7-9(10)11/h8-9H,3-7,12H2,1-2H3. The van der Waals surface area contributed by atoms with Crippen LogP contribution in [0.2, 0.25) is 0 Å². The van der Waals surface area contributed by atoms with Crippen molar-refractivity contribution in [1.82, 2.24) is 4.90 Å². The van der Waals surface area contributed by atoms with Crippen molar-refractivity contribution in [2.24, 2.45) is 5.73 Å². The van der Waals surface area contributed by atoms with Gasteiger partial charge < -0.3 is 5.73 Å². The average Bonchev–Trinajstić information content (AvgIpc) is 2.13. The van der Waals surface area contributed by atoms with E-state index in [0.29, 0.717) is 0 Å². The Bertz CT molecular complexity index is 281. The summed E-state index contributed by atoms with van der Waals surface area (Å²) >= 11 is 0. The molecule has 0 unspecified atom stereocenters. The predicted octanol–water partition coefficient (Wildman–Crippen LogP) is 0.335. The van der Waals surface area contributed by atoms with Crippen LogP contribution in [-0.2, 0) is 9.84 Å². The van der Waals surface area contributed by atoms with Gasteiger partial charge in [0.1, 0.15) is 0 Å². The van der Waals surface area contributed by atoms with Gasteiger partial charge in [0.25, 0.3) is 6.43 Å². The maximum absolute atomic E-state index is 12.2. The van der Waals surface area contributed by atoms with Gasteiger partial charge in [-0.05, 0) is 13.8 Å². The Morgan fingerprint density at radius 3 is 2.19 bits per heavy atom. The minimum atomic E-state index is -3.17. The van der Waals surface area contributed by atoms with E-state index in [1.807, 2.05) is 0 Å². The fourth-order valence-corrected chi connectivity index (χ4v) is 2.15. The van der Waals surface area contributed by atoms with Crippen molar-refractivity contribution in [2.75, 3.05) is 31.9 Å². The van der Waals surface area contributed by atoms with E-state index in [0.717, 1.165) is 0 Å². The van der Waals surface area contributed by atoms with Gasteiger partial charge in [-0.1, -0.05) is 0 Å². The zero-order valence-electron chi connectivity index (χ0n) is 9.70. The number of sulfone groups is 1. The van der Waals surface area contributed by atoms with Gasteiger partial charge in [-0.3, -0.25) is 4.90 Å². The van der Waals surface area contributed by atoms with Crippen LogP contribution in [0.25, 0.3) is 0 Å². The van der Waals surface area contributed by atoms with Crippen molar-refractivity contribution in [3.8, 4) is 0 Å². The number of nitrogens with two attached hydrogens (primary N) is 1. The summed E-state index contributed by atoms with van der Waals surface area (Å²) in [4.78, 5) is 1.38. The van der Waals surface area contributed by atoms with E-state index in [2.05, 4.69) is 0 Å². The van der Waals surface area contributed by atoms with Crippen LogP contribution in [0.5, 0.6) is 0 Å². The van der Waals surface area contributed by atoms with Crippen LogP contribution in [0.1, 0.15) is 13.8 Å². The molecule has 0 radical (unpaired) electrons. The molecular formula is C9H20F2N2O2S. The number of rotatable bonds is 8. The molecule has 0 amide bonds. The van der Waals surface area contributed by atoms with Crippen molar-refractivity contribution in [2.45, 2.75) is 25.5 Å². The molecule has 0 aliphatic heterocycles. The van der Waals surface area contributed by atoms with Crippen molar-refractivity contribution in [3.05, 3.63) is 0 Å². The third-order valence-electron chi connectivity index (χ3n) is 2.25. The molecule has 4 nitrogen and oxygen atoms in total. The van der Waals surface area contributed by atoms with Crippen LogP contribution in [0.15, 0.2) is 0 Å². The van der Waals surface area contributed by atoms with E-state index in [9.17, 15) is 17.2 Å². The van der Waals surface area contributed by atoms with Crippen molar-refractivity contribution < 1.29 is 17.2 Å². The monoisotopic (exact) mass is 258 g/mol. The molecule has 0 spiro atoms. The second kappa shape index (κ2) is 7.13. The Labute approximate surface area is 95.7 Å². The molecule has 0 saturated heterocycles. The molecule has 0 aliphatic rings. The topological polar surface area (TPSA) is 63.4 Å². The van der Waals surface area contributed by atoms with E-state index >= 15 is 0 Å². The number of halogens is 2.